The Morgan fingerprint density at radius 3 is 2.64 bits per heavy atom. The molecule has 0 spiro atoms. The maximum absolute atomic E-state index is 9.89. The molecule has 1 nitrogen and oxygen atoms in total. The van der Waals surface area contributed by atoms with E-state index in [2.05, 4.69) is 13.8 Å². The molecule has 0 aromatic rings. The van der Waals surface area contributed by atoms with Crippen LogP contribution in [-0.4, -0.2) is 11.2 Å². The molecule has 0 radical (unpaired) electrons. The lowest BCUT2D eigenvalue weighted by Crippen LogP contribution is -2.38. The van der Waals surface area contributed by atoms with E-state index in [-0.39, 0.29) is 6.10 Å². The Morgan fingerprint density at radius 2 is 1.86 bits per heavy atom. The van der Waals surface area contributed by atoms with Crippen molar-refractivity contribution >= 4 is 0 Å². The van der Waals surface area contributed by atoms with Gasteiger partial charge in [0, 0.05) is 0 Å². The summed E-state index contributed by atoms with van der Waals surface area (Å²) in [5.74, 6) is 3.41. The third-order valence-electron chi connectivity index (χ3n) is 5.26. The molecule has 3 saturated carbocycles. The van der Waals surface area contributed by atoms with Gasteiger partial charge in [-0.2, -0.15) is 0 Å². The first-order valence-corrected chi connectivity index (χ1v) is 6.25. The summed E-state index contributed by atoms with van der Waals surface area (Å²) in [6.45, 7) is 4.84. The van der Waals surface area contributed by atoms with E-state index in [4.69, 9.17) is 0 Å². The van der Waals surface area contributed by atoms with Crippen LogP contribution in [0.5, 0.6) is 0 Å². The van der Waals surface area contributed by atoms with Gasteiger partial charge in [-0.15, -0.1) is 0 Å². The quantitative estimate of drug-likeness (QED) is 0.628. The van der Waals surface area contributed by atoms with Gasteiger partial charge in [-0.05, 0) is 61.2 Å². The Morgan fingerprint density at radius 1 is 1.07 bits per heavy atom. The molecule has 3 fully saturated rings. The van der Waals surface area contributed by atoms with E-state index in [0.717, 1.165) is 24.2 Å². The summed E-state index contributed by atoms with van der Waals surface area (Å²) >= 11 is 0. The molecule has 5 unspecified atom stereocenters. The number of aliphatic hydroxyl groups is 1. The number of fused-ring (bicyclic) bond motifs is 5. The molecule has 2 bridgehead atoms. The van der Waals surface area contributed by atoms with Crippen molar-refractivity contribution in [1.82, 2.24) is 0 Å². The highest BCUT2D eigenvalue weighted by Crippen LogP contribution is 2.60. The molecule has 5 atom stereocenters. The summed E-state index contributed by atoms with van der Waals surface area (Å²) in [5.41, 5.74) is 0.580. The smallest absolute Gasteiger partial charge is 0.0574 e. The second-order valence-electron chi connectivity index (χ2n) is 6.70. The van der Waals surface area contributed by atoms with Crippen molar-refractivity contribution in [1.29, 1.82) is 0 Å². The third-order valence-corrected chi connectivity index (χ3v) is 5.26. The van der Waals surface area contributed by atoms with Crippen molar-refractivity contribution in [2.75, 3.05) is 0 Å². The van der Waals surface area contributed by atoms with E-state index in [1.807, 2.05) is 0 Å². The molecule has 0 saturated heterocycles. The van der Waals surface area contributed by atoms with Crippen LogP contribution in [0.2, 0.25) is 0 Å². The fraction of sp³-hybridized carbons (Fsp3) is 1.00. The fourth-order valence-corrected chi connectivity index (χ4v) is 4.61. The summed E-state index contributed by atoms with van der Waals surface area (Å²) in [6, 6.07) is 0. The second-order valence-corrected chi connectivity index (χ2v) is 6.70. The van der Waals surface area contributed by atoms with Gasteiger partial charge in [-0.3, -0.25) is 0 Å². The highest BCUT2D eigenvalue weighted by atomic mass is 16.3. The minimum Gasteiger partial charge on any atom is -0.393 e. The van der Waals surface area contributed by atoms with Crippen LogP contribution in [0, 0.1) is 29.1 Å². The highest BCUT2D eigenvalue weighted by molar-refractivity contribution is 5.04. The van der Waals surface area contributed by atoms with Crippen molar-refractivity contribution in [3.8, 4) is 0 Å². The SMILES string of the molecule is CC1(C)CCC2C3CC(CC3O)C2C1. The maximum atomic E-state index is 9.89. The van der Waals surface area contributed by atoms with Crippen LogP contribution in [0.3, 0.4) is 0 Å². The zero-order valence-corrected chi connectivity index (χ0v) is 9.37. The highest BCUT2D eigenvalue weighted by Gasteiger charge is 2.54. The van der Waals surface area contributed by atoms with Gasteiger partial charge in [-0.1, -0.05) is 13.8 Å². The lowest BCUT2D eigenvalue weighted by Gasteiger charge is -2.44. The van der Waals surface area contributed by atoms with Gasteiger partial charge >= 0.3 is 0 Å². The van der Waals surface area contributed by atoms with Gasteiger partial charge in [0.2, 0.25) is 0 Å². The monoisotopic (exact) mass is 194 g/mol. The van der Waals surface area contributed by atoms with Gasteiger partial charge in [-0.25, -0.2) is 0 Å². The number of hydrogen-bond donors (Lipinski definition) is 1. The normalized spacial score (nSPS) is 54.6. The van der Waals surface area contributed by atoms with Gasteiger partial charge < -0.3 is 5.11 Å². The molecular formula is C13H22O. The number of hydrogen-bond acceptors (Lipinski definition) is 1. The Balaban J connectivity index is 1.81. The van der Waals surface area contributed by atoms with E-state index >= 15 is 0 Å². The zero-order chi connectivity index (χ0) is 9.92. The zero-order valence-electron chi connectivity index (χ0n) is 9.37. The molecule has 3 rings (SSSR count). The van der Waals surface area contributed by atoms with Crippen molar-refractivity contribution in [3.63, 3.8) is 0 Å². The second kappa shape index (κ2) is 2.75. The maximum Gasteiger partial charge on any atom is 0.0574 e. The minimum atomic E-state index is 0.0578. The van der Waals surface area contributed by atoms with Crippen LogP contribution in [0.1, 0.15) is 46.0 Å². The van der Waals surface area contributed by atoms with Gasteiger partial charge in [0.1, 0.15) is 0 Å². The summed E-state index contributed by atoms with van der Waals surface area (Å²) in [7, 11) is 0. The fourth-order valence-electron chi connectivity index (χ4n) is 4.61. The van der Waals surface area contributed by atoms with Crippen molar-refractivity contribution in [3.05, 3.63) is 0 Å². The average molecular weight is 194 g/mol. The molecule has 0 aliphatic heterocycles. The molecule has 0 heterocycles. The largest absolute Gasteiger partial charge is 0.393 e. The van der Waals surface area contributed by atoms with Gasteiger partial charge in [0.15, 0.2) is 0 Å². The molecule has 1 heteroatoms. The number of rotatable bonds is 0. The standard InChI is InChI=1S/C13H22O/c1-13(2)4-3-9-10-5-8(6-12(10)14)11(9)7-13/h8-12,14H,3-7H2,1-2H3. The molecule has 0 aromatic heterocycles. The predicted molar refractivity (Wildman–Crippen MR) is 56.8 cm³/mol. The Kier molecular flexibility index (Phi) is 1.81. The predicted octanol–water partition coefficient (Wildman–Crippen LogP) is 2.83. The summed E-state index contributed by atoms with van der Waals surface area (Å²) in [5, 5.41) is 9.89. The molecule has 1 N–H and O–H groups in total. The van der Waals surface area contributed by atoms with Crippen LogP contribution in [0.25, 0.3) is 0 Å². The first kappa shape index (κ1) is 9.21. The number of aliphatic hydroxyl groups excluding tert-OH is 1. The summed E-state index contributed by atoms with van der Waals surface area (Å²) in [4.78, 5) is 0. The molecule has 80 valence electrons. The van der Waals surface area contributed by atoms with Crippen LogP contribution in [-0.2, 0) is 0 Å². The summed E-state index contributed by atoms with van der Waals surface area (Å²) in [6.07, 6.45) is 6.70. The third kappa shape index (κ3) is 1.18. The van der Waals surface area contributed by atoms with E-state index in [9.17, 15) is 5.11 Å². The lowest BCUT2D eigenvalue weighted by atomic mass is 9.62. The summed E-state index contributed by atoms with van der Waals surface area (Å²) < 4.78 is 0. The van der Waals surface area contributed by atoms with E-state index in [1.54, 1.807) is 0 Å². The van der Waals surface area contributed by atoms with Crippen LogP contribution < -0.4 is 0 Å². The average Bonchev–Trinajstić information content (AvgIpc) is 2.59. The molecule has 3 aliphatic carbocycles. The lowest BCUT2D eigenvalue weighted by molar-refractivity contribution is 0.00475. The minimum absolute atomic E-state index is 0.0578. The molecule has 0 amide bonds. The van der Waals surface area contributed by atoms with E-state index in [0.29, 0.717) is 11.3 Å². The van der Waals surface area contributed by atoms with Crippen LogP contribution >= 0.6 is 0 Å². The Hall–Kier alpha value is -0.0400. The van der Waals surface area contributed by atoms with Gasteiger partial charge in [0.05, 0.1) is 6.10 Å². The molecule has 3 aliphatic rings. The molecule has 14 heavy (non-hydrogen) atoms. The van der Waals surface area contributed by atoms with Crippen LogP contribution in [0.15, 0.2) is 0 Å². The van der Waals surface area contributed by atoms with Crippen LogP contribution in [0.4, 0.5) is 0 Å². The Labute approximate surface area is 86.9 Å². The van der Waals surface area contributed by atoms with Crippen molar-refractivity contribution in [2.24, 2.45) is 29.1 Å². The van der Waals surface area contributed by atoms with E-state index < -0.39 is 0 Å². The first-order valence-electron chi connectivity index (χ1n) is 6.25. The Bertz CT molecular complexity index is 246. The molecular weight excluding hydrogens is 172 g/mol. The van der Waals surface area contributed by atoms with Crippen molar-refractivity contribution in [2.45, 2.75) is 52.1 Å². The molecule has 0 aromatic carbocycles. The van der Waals surface area contributed by atoms with E-state index in [1.165, 1.54) is 25.7 Å². The topological polar surface area (TPSA) is 20.2 Å². The van der Waals surface area contributed by atoms with Crippen molar-refractivity contribution < 1.29 is 5.11 Å². The van der Waals surface area contributed by atoms with Gasteiger partial charge in [0.25, 0.3) is 0 Å². The first-order chi connectivity index (χ1) is 6.57.